The lowest BCUT2D eigenvalue weighted by Crippen LogP contribution is -2.38. The van der Waals surface area contributed by atoms with Crippen LogP contribution in [0.5, 0.6) is 0 Å². The van der Waals surface area contributed by atoms with Crippen molar-refractivity contribution in [3.05, 3.63) is 101 Å². The molecule has 2 aromatic rings. The predicted octanol–water partition coefficient (Wildman–Crippen LogP) is 5.68. The minimum Gasteiger partial charge on any atom is -0.331 e. The Morgan fingerprint density at radius 2 is 1.91 bits per heavy atom. The van der Waals surface area contributed by atoms with Crippen LogP contribution in [0.3, 0.4) is 0 Å². The smallest absolute Gasteiger partial charge is 0.317 e. The number of nitrogens with one attached hydrogen (secondary N) is 2. The second-order valence-electron chi connectivity index (χ2n) is 9.55. The molecule has 1 heterocycles. The minimum atomic E-state index is -0.236. The van der Waals surface area contributed by atoms with Crippen LogP contribution in [0.15, 0.2) is 89.3 Å². The summed E-state index contributed by atoms with van der Waals surface area (Å²) in [5.41, 5.74) is 10.7. The van der Waals surface area contributed by atoms with Gasteiger partial charge in [0.05, 0.1) is 17.4 Å². The SMILES string of the molecule is C[C@H]1C2=CNN(c3ccc(F)cc3)C2=CC2=C1[C@@H](CC(NC(=O)N(C)C)c1ccccc1)CC2. The molecular formula is C28H31FN4O. The summed E-state index contributed by atoms with van der Waals surface area (Å²) in [6.45, 7) is 2.28. The fourth-order valence-corrected chi connectivity index (χ4v) is 5.49. The van der Waals surface area contributed by atoms with Crippen LogP contribution >= 0.6 is 0 Å². The third-order valence-corrected chi connectivity index (χ3v) is 7.21. The summed E-state index contributed by atoms with van der Waals surface area (Å²) in [5, 5.41) is 5.27. The first-order valence-corrected chi connectivity index (χ1v) is 11.9. The minimum absolute atomic E-state index is 0.0445. The van der Waals surface area contributed by atoms with Crippen molar-refractivity contribution in [1.82, 2.24) is 15.6 Å². The Bertz CT molecular complexity index is 1170. The van der Waals surface area contributed by atoms with E-state index in [1.54, 1.807) is 31.1 Å². The van der Waals surface area contributed by atoms with E-state index in [1.165, 1.54) is 28.9 Å². The third-order valence-electron chi connectivity index (χ3n) is 7.21. The molecule has 2 N–H and O–H groups in total. The summed E-state index contributed by atoms with van der Waals surface area (Å²) in [6.07, 6.45) is 7.35. The van der Waals surface area contributed by atoms with Gasteiger partial charge in [0, 0.05) is 31.8 Å². The van der Waals surface area contributed by atoms with Gasteiger partial charge < -0.3 is 15.6 Å². The van der Waals surface area contributed by atoms with Gasteiger partial charge in [0.1, 0.15) is 5.82 Å². The number of amides is 2. The second kappa shape index (κ2) is 9.01. The number of anilines is 1. The number of hydrogen-bond acceptors (Lipinski definition) is 3. The molecule has 0 radical (unpaired) electrons. The number of rotatable bonds is 5. The molecular weight excluding hydrogens is 427 g/mol. The highest BCUT2D eigenvalue weighted by molar-refractivity contribution is 5.74. The summed E-state index contributed by atoms with van der Waals surface area (Å²) >= 11 is 0. The molecule has 3 aliphatic rings. The number of fused-ring (bicyclic) bond motifs is 1. The monoisotopic (exact) mass is 458 g/mol. The average molecular weight is 459 g/mol. The molecule has 176 valence electrons. The van der Waals surface area contributed by atoms with Crippen LogP contribution in [0.25, 0.3) is 0 Å². The first kappa shape index (κ1) is 22.3. The lowest BCUT2D eigenvalue weighted by molar-refractivity contribution is 0.211. The van der Waals surface area contributed by atoms with Crippen molar-refractivity contribution in [2.75, 3.05) is 19.1 Å². The molecule has 3 atom stereocenters. The molecule has 2 aromatic carbocycles. The van der Waals surface area contributed by atoms with Crippen LogP contribution in [-0.2, 0) is 0 Å². The van der Waals surface area contributed by atoms with E-state index in [9.17, 15) is 9.18 Å². The molecule has 1 unspecified atom stereocenters. The van der Waals surface area contributed by atoms with Crippen LogP contribution < -0.4 is 15.8 Å². The van der Waals surface area contributed by atoms with Crippen LogP contribution in [0.4, 0.5) is 14.9 Å². The van der Waals surface area contributed by atoms with Gasteiger partial charge in [-0.15, -0.1) is 0 Å². The van der Waals surface area contributed by atoms with Gasteiger partial charge in [0.15, 0.2) is 0 Å². The van der Waals surface area contributed by atoms with Crippen LogP contribution in [0.1, 0.15) is 37.8 Å². The van der Waals surface area contributed by atoms with Gasteiger partial charge in [-0.1, -0.05) is 42.8 Å². The van der Waals surface area contributed by atoms with Gasteiger partial charge >= 0.3 is 6.03 Å². The lowest BCUT2D eigenvalue weighted by atomic mass is 9.78. The zero-order chi connectivity index (χ0) is 23.8. The molecule has 0 aromatic heterocycles. The number of benzene rings is 2. The average Bonchev–Trinajstić information content (AvgIpc) is 3.44. The number of carbonyl (C=O) groups excluding carboxylic acids is 1. The normalized spacial score (nSPS) is 21.8. The molecule has 6 heteroatoms. The van der Waals surface area contributed by atoms with Crippen molar-refractivity contribution in [2.45, 2.75) is 32.2 Å². The number of allylic oxidation sites excluding steroid dienone is 4. The molecule has 0 saturated carbocycles. The molecule has 2 aliphatic carbocycles. The molecule has 5 rings (SSSR count). The topological polar surface area (TPSA) is 47.6 Å². The Hall–Kier alpha value is -3.54. The first-order chi connectivity index (χ1) is 16.4. The standard InChI is InChI=1S/C28H31FN4O/c1-18-24-17-30-33(23-13-11-22(29)12-14-23)26(24)16-21-10-9-20(27(18)21)15-25(31-28(34)32(2)3)19-7-5-4-6-8-19/h4-8,11-14,16-18,20,25,30H,9-10,15H2,1-3H3,(H,31,34)/t18-,20+,25?/m0/s1. The Labute approximate surface area is 200 Å². The molecule has 0 saturated heterocycles. The van der Waals surface area contributed by atoms with Crippen molar-refractivity contribution in [2.24, 2.45) is 11.8 Å². The Morgan fingerprint density at radius 1 is 1.18 bits per heavy atom. The van der Waals surface area contributed by atoms with E-state index in [-0.39, 0.29) is 23.8 Å². The van der Waals surface area contributed by atoms with Crippen molar-refractivity contribution in [3.8, 4) is 0 Å². The summed E-state index contributed by atoms with van der Waals surface area (Å²) in [5.74, 6) is 0.442. The lowest BCUT2D eigenvalue weighted by Gasteiger charge is -2.31. The number of halogens is 1. The van der Waals surface area contributed by atoms with Crippen molar-refractivity contribution < 1.29 is 9.18 Å². The van der Waals surface area contributed by atoms with Gasteiger partial charge in [0.25, 0.3) is 0 Å². The van der Waals surface area contributed by atoms with E-state index in [0.29, 0.717) is 5.92 Å². The fourth-order valence-electron chi connectivity index (χ4n) is 5.49. The van der Waals surface area contributed by atoms with Crippen LogP contribution in [0, 0.1) is 17.7 Å². The molecule has 0 fully saturated rings. The number of carbonyl (C=O) groups is 1. The van der Waals surface area contributed by atoms with Gasteiger partial charge in [-0.05, 0) is 66.7 Å². The highest BCUT2D eigenvalue weighted by atomic mass is 19.1. The Balaban J connectivity index is 1.42. The van der Waals surface area contributed by atoms with Crippen molar-refractivity contribution in [3.63, 3.8) is 0 Å². The van der Waals surface area contributed by atoms with E-state index in [0.717, 1.165) is 36.2 Å². The van der Waals surface area contributed by atoms with Gasteiger partial charge in [-0.25, -0.2) is 9.18 Å². The summed E-state index contributed by atoms with van der Waals surface area (Å²) in [6, 6.07) is 16.7. The van der Waals surface area contributed by atoms with Gasteiger partial charge in [0.2, 0.25) is 0 Å². The third kappa shape index (κ3) is 4.09. The van der Waals surface area contributed by atoms with Gasteiger partial charge in [-0.2, -0.15) is 0 Å². The molecule has 5 nitrogen and oxygen atoms in total. The molecule has 0 bridgehead atoms. The van der Waals surface area contributed by atoms with Crippen molar-refractivity contribution in [1.29, 1.82) is 0 Å². The zero-order valence-electron chi connectivity index (χ0n) is 19.9. The maximum atomic E-state index is 13.4. The molecule has 1 aliphatic heterocycles. The summed E-state index contributed by atoms with van der Waals surface area (Å²) in [7, 11) is 3.55. The highest BCUT2D eigenvalue weighted by Crippen LogP contribution is 2.49. The quantitative estimate of drug-likeness (QED) is 0.606. The molecule has 0 spiro atoms. The van der Waals surface area contributed by atoms with E-state index < -0.39 is 0 Å². The number of hydrazine groups is 1. The van der Waals surface area contributed by atoms with E-state index >= 15 is 0 Å². The zero-order valence-corrected chi connectivity index (χ0v) is 19.9. The largest absolute Gasteiger partial charge is 0.331 e. The van der Waals surface area contributed by atoms with Gasteiger partial charge in [-0.3, -0.25) is 5.01 Å². The molecule has 2 amide bonds. The number of urea groups is 1. The second-order valence-corrected chi connectivity index (χ2v) is 9.55. The first-order valence-electron chi connectivity index (χ1n) is 11.9. The predicted molar refractivity (Wildman–Crippen MR) is 133 cm³/mol. The maximum absolute atomic E-state index is 13.4. The van der Waals surface area contributed by atoms with Crippen LogP contribution in [0.2, 0.25) is 0 Å². The maximum Gasteiger partial charge on any atom is 0.317 e. The number of hydrogen-bond donors (Lipinski definition) is 2. The number of nitrogens with zero attached hydrogens (tertiary/aromatic N) is 2. The Morgan fingerprint density at radius 3 is 2.62 bits per heavy atom. The van der Waals surface area contributed by atoms with E-state index in [1.807, 2.05) is 23.2 Å². The van der Waals surface area contributed by atoms with E-state index in [2.05, 4.69) is 42.1 Å². The summed E-state index contributed by atoms with van der Waals surface area (Å²) in [4.78, 5) is 14.1. The Kier molecular flexibility index (Phi) is 5.90. The summed E-state index contributed by atoms with van der Waals surface area (Å²) < 4.78 is 13.4. The molecule has 34 heavy (non-hydrogen) atoms. The highest BCUT2D eigenvalue weighted by Gasteiger charge is 2.39. The fraction of sp³-hybridized carbons (Fsp3) is 0.321. The van der Waals surface area contributed by atoms with Crippen LogP contribution in [-0.4, -0.2) is 25.0 Å². The van der Waals surface area contributed by atoms with E-state index in [4.69, 9.17) is 0 Å². The van der Waals surface area contributed by atoms with Crippen molar-refractivity contribution >= 4 is 11.7 Å².